The molecule has 0 aromatic carbocycles. The predicted octanol–water partition coefficient (Wildman–Crippen LogP) is -0.891. The van der Waals surface area contributed by atoms with Gasteiger partial charge in [-0.1, -0.05) is 5.16 Å². The Balaban J connectivity index is 3.98. The molecule has 0 aliphatic heterocycles. The van der Waals surface area contributed by atoms with Crippen molar-refractivity contribution < 1.29 is 26.8 Å². The van der Waals surface area contributed by atoms with Gasteiger partial charge in [-0.15, -0.1) is 0 Å². The highest BCUT2D eigenvalue weighted by Crippen LogP contribution is 2.12. The van der Waals surface area contributed by atoms with E-state index in [0.29, 0.717) is 0 Å². The Hall–Kier alpha value is -1.07. The molecule has 96 valence electrons. The molecule has 0 aromatic heterocycles. The zero-order valence-corrected chi connectivity index (χ0v) is 8.77. The van der Waals surface area contributed by atoms with Crippen molar-refractivity contribution in [1.29, 1.82) is 0 Å². The summed E-state index contributed by atoms with van der Waals surface area (Å²) >= 11 is 0. The molecule has 0 aromatic rings. The van der Waals surface area contributed by atoms with Gasteiger partial charge < -0.3 is 10.9 Å². The van der Waals surface area contributed by atoms with Gasteiger partial charge in [-0.3, -0.25) is 0 Å². The van der Waals surface area contributed by atoms with Gasteiger partial charge in [0.1, 0.15) is 12.4 Å². The molecule has 0 unspecified atom stereocenters. The summed E-state index contributed by atoms with van der Waals surface area (Å²) in [5.41, 5.74) is 5.01. The summed E-state index contributed by atoms with van der Waals surface area (Å²) in [6.45, 7) is -1.94. The molecule has 7 nitrogen and oxygen atoms in total. The fraction of sp³-hybridized carbons (Fsp3) is 0.800. The molecule has 0 saturated heterocycles. The molecule has 0 heterocycles. The Kier molecular flexibility index (Phi) is 5.47. The lowest BCUT2D eigenvalue weighted by molar-refractivity contribution is -0.121. The first-order chi connectivity index (χ1) is 7.16. The molecule has 0 rings (SSSR count). The lowest BCUT2D eigenvalue weighted by Gasteiger charge is -2.09. The van der Waals surface area contributed by atoms with Crippen molar-refractivity contribution in [3.8, 4) is 0 Å². The largest absolute Gasteiger partial charge is 0.409 e. The number of halogens is 3. The highest BCUT2D eigenvalue weighted by molar-refractivity contribution is 7.87. The Bertz CT molecular complexity index is 339. The number of rotatable bonds is 6. The highest BCUT2D eigenvalue weighted by Gasteiger charge is 2.29. The van der Waals surface area contributed by atoms with E-state index in [1.54, 1.807) is 4.72 Å². The first kappa shape index (κ1) is 14.9. The van der Waals surface area contributed by atoms with Crippen LogP contribution in [0.3, 0.4) is 0 Å². The molecule has 5 N–H and O–H groups in total. The van der Waals surface area contributed by atoms with E-state index in [4.69, 9.17) is 10.9 Å². The van der Waals surface area contributed by atoms with E-state index in [2.05, 4.69) is 5.16 Å². The average molecular weight is 264 g/mol. The number of hydrogen-bond acceptors (Lipinski definition) is 4. The van der Waals surface area contributed by atoms with E-state index >= 15 is 0 Å². The topological polar surface area (TPSA) is 117 Å². The maximum Gasteiger partial charge on any atom is 0.402 e. The molecule has 16 heavy (non-hydrogen) atoms. The number of amidine groups is 1. The van der Waals surface area contributed by atoms with E-state index in [-0.39, 0.29) is 18.8 Å². The van der Waals surface area contributed by atoms with Gasteiger partial charge in [0.05, 0.1) is 0 Å². The fourth-order valence-corrected chi connectivity index (χ4v) is 1.42. The van der Waals surface area contributed by atoms with Crippen LogP contribution in [0.2, 0.25) is 0 Å². The Morgan fingerprint density at radius 1 is 1.38 bits per heavy atom. The van der Waals surface area contributed by atoms with Gasteiger partial charge in [0.25, 0.3) is 10.2 Å². The molecule has 0 saturated carbocycles. The fourth-order valence-electron chi connectivity index (χ4n) is 0.591. The van der Waals surface area contributed by atoms with Crippen molar-refractivity contribution >= 4 is 16.0 Å². The number of oxime groups is 1. The van der Waals surface area contributed by atoms with Crippen LogP contribution >= 0.6 is 0 Å². The third-order valence-electron chi connectivity index (χ3n) is 1.26. The third-order valence-corrected chi connectivity index (χ3v) is 2.37. The van der Waals surface area contributed by atoms with Crippen molar-refractivity contribution in [3.05, 3.63) is 0 Å². The molecular weight excluding hydrogens is 253 g/mol. The second kappa shape index (κ2) is 5.86. The first-order valence-corrected chi connectivity index (χ1v) is 5.42. The summed E-state index contributed by atoms with van der Waals surface area (Å²) < 4.78 is 59.8. The molecule has 0 spiro atoms. The van der Waals surface area contributed by atoms with Crippen molar-refractivity contribution in [2.45, 2.75) is 12.6 Å². The van der Waals surface area contributed by atoms with E-state index in [1.165, 1.54) is 4.72 Å². The second-order valence-electron chi connectivity index (χ2n) is 2.68. The number of alkyl halides is 3. The summed E-state index contributed by atoms with van der Waals surface area (Å²) in [6, 6.07) is 0. The first-order valence-electron chi connectivity index (χ1n) is 3.94. The third kappa shape index (κ3) is 8.26. The van der Waals surface area contributed by atoms with Crippen molar-refractivity contribution in [1.82, 2.24) is 9.44 Å². The Morgan fingerprint density at radius 2 is 1.94 bits per heavy atom. The number of nitrogens with zero attached hydrogens (tertiary/aromatic N) is 1. The number of nitrogens with two attached hydrogens (primary N) is 1. The zero-order valence-electron chi connectivity index (χ0n) is 7.95. The SMILES string of the molecule is NC(CCNS(=O)(=O)NCC(F)(F)F)=NO. The van der Waals surface area contributed by atoms with Crippen LogP contribution in [0.5, 0.6) is 0 Å². The molecule has 0 radical (unpaired) electrons. The lowest BCUT2D eigenvalue weighted by atomic mass is 10.4. The van der Waals surface area contributed by atoms with Crippen LogP contribution in [0.4, 0.5) is 13.2 Å². The minimum absolute atomic E-state index is 0.122. The van der Waals surface area contributed by atoms with Gasteiger partial charge in [0, 0.05) is 13.0 Å². The summed E-state index contributed by atoms with van der Waals surface area (Å²) in [7, 11) is -4.23. The Morgan fingerprint density at radius 3 is 2.38 bits per heavy atom. The molecule has 0 bridgehead atoms. The van der Waals surface area contributed by atoms with E-state index in [1.807, 2.05) is 0 Å². The van der Waals surface area contributed by atoms with Gasteiger partial charge in [0.2, 0.25) is 0 Å². The van der Waals surface area contributed by atoms with Gasteiger partial charge >= 0.3 is 6.18 Å². The highest BCUT2D eigenvalue weighted by atomic mass is 32.2. The average Bonchev–Trinajstić information content (AvgIpc) is 2.13. The molecule has 0 atom stereocenters. The number of nitrogens with one attached hydrogen (secondary N) is 2. The van der Waals surface area contributed by atoms with Crippen LogP contribution < -0.4 is 15.2 Å². The normalized spacial score (nSPS) is 14.1. The summed E-state index contributed by atoms with van der Waals surface area (Å²) in [5.74, 6) is -0.237. The summed E-state index contributed by atoms with van der Waals surface area (Å²) in [4.78, 5) is 0. The summed E-state index contributed by atoms with van der Waals surface area (Å²) in [5, 5.41) is 10.6. The van der Waals surface area contributed by atoms with Gasteiger partial charge in [0.15, 0.2) is 0 Å². The van der Waals surface area contributed by atoms with Crippen LogP contribution in [0.15, 0.2) is 5.16 Å². The minimum atomic E-state index is -4.62. The second-order valence-corrected chi connectivity index (χ2v) is 4.26. The maximum atomic E-state index is 11.7. The molecule has 0 aliphatic rings. The van der Waals surface area contributed by atoms with Gasteiger partial charge in [-0.05, 0) is 0 Å². The minimum Gasteiger partial charge on any atom is -0.409 e. The zero-order chi connectivity index (χ0) is 12.8. The van der Waals surface area contributed by atoms with Gasteiger partial charge in [-0.2, -0.15) is 26.3 Å². The monoisotopic (exact) mass is 264 g/mol. The van der Waals surface area contributed by atoms with E-state index < -0.39 is 22.9 Å². The maximum absolute atomic E-state index is 11.7. The molecule has 11 heteroatoms. The summed E-state index contributed by atoms with van der Waals surface area (Å²) in [6.07, 6.45) is -4.75. The molecule has 0 aliphatic carbocycles. The number of hydrogen-bond donors (Lipinski definition) is 4. The molecular formula is C5H11F3N4O3S. The predicted molar refractivity (Wildman–Crippen MR) is 49.0 cm³/mol. The van der Waals surface area contributed by atoms with E-state index in [0.717, 1.165) is 0 Å². The van der Waals surface area contributed by atoms with Crippen LogP contribution in [-0.4, -0.2) is 38.7 Å². The van der Waals surface area contributed by atoms with Crippen molar-refractivity contribution in [2.75, 3.05) is 13.1 Å². The smallest absolute Gasteiger partial charge is 0.402 e. The quantitative estimate of drug-likeness (QED) is 0.215. The van der Waals surface area contributed by atoms with Gasteiger partial charge in [-0.25, -0.2) is 4.72 Å². The standard InChI is InChI=1S/C5H11F3N4O3S/c6-5(7,8)3-11-16(14,15)10-2-1-4(9)12-13/h10-11,13H,1-3H2,(H2,9,12). The van der Waals surface area contributed by atoms with Crippen LogP contribution in [-0.2, 0) is 10.2 Å². The van der Waals surface area contributed by atoms with Crippen LogP contribution in [0.1, 0.15) is 6.42 Å². The molecule has 0 amide bonds. The van der Waals surface area contributed by atoms with Crippen molar-refractivity contribution in [3.63, 3.8) is 0 Å². The molecule has 0 fully saturated rings. The van der Waals surface area contributed by atoms with E-state index in [9.17, 15) is 21.6 Å². The van der Waals surface area contributed by atoms with Crippen molar-refractivity contribution in [2.24, 2.45) is 10.9 Å². The van der Waals surface area contributed by atoms with Crippen LogP contribution in [0, 0.1) is 0 Å². The lowest BCUT2D eigenvalue weighted by Crippen LogP contribution is -2.42. The Labute approximate surface area is 89.7 Å². The van der Waals surface area contributed by atoms with Crippen LogP contribution in [0.25, 0.3) is 0 Å².